The lowest BCUT2D eigenvalue weighted by atomic mass is 9.84. The van der Waals surface area contributed by atoms with E-state index in [4.69, 9.17) is 0 Å². The zero-order chi connectivity index (χ0) is 16.0. The minimum absolute atomic E-state index is 0.0755. The molecule has 1 aliphatic carbocycles. The van der Waals surface area contributed by atoms with Crippen molar-refractivity contribution < 1.29 is 14.7 Å². The number of nitrogens with one attached hydrogen (secondary N) is 1. The molecule has 1 saturated carbocycles. The standard InChI is InChI=1S/C18H20N2O3/c21-17(13-5-3-6-14-12(13)8-9-19-14)20-15-7-2-1-4-11(15)10-16(20)18(22)23/h3,5-6,8-9,11,15-16,19H,1-2,4,7,10H2,(H,22,23)/t11-,15-,16-/m0/s1. The summed E-state index contributed by atoms with van der Waals surface area (Å²) in [5.41, 5.74) is 1.50. The second-order valence-corrected chi connectivity index (χ2v) is 6.66. The number of rotatable bonds is 2. The normalized spacial score (nSPS) is 27.1. The Morgan fingerprint density at radius 1 is 1.17 bits per heavy atom. The Morgan fingerprint density at radius 2 is 2.00 bits per heavy atom. The van der Waals surface area contributed by atoms with Gasteiger partial charge in [-0.1, -0.05) is 18.9 Å². The first-order valence-electron chi connectivity index (χ1n) is 8.28. The molecule has 0 radical (unpaired) electrons. The van der Waals surface area contributed by atoms with Gasteiger partial charge in [0.15, 0.2) is 0 Å². The minimum Gasteiger partial charge on any atom is -0.480 e. The number of aliphatic carboxylic acids is 1. The zero-order valence-electron chi connectivity index (χ0n) is 12.9. The Kier molecular flexibility index (Phi) is 3.36. The van der Waals surface area contributed by atoms with Gasteiger partial charge in [-0.25, -0.2) is 4.79 Å². The van der Waals surface area contributed by atoms with E-state index in [1.54, 1.807) is 11.0 Å². The fourth-order valence-corrected chi connectivity index (χ4v) is 4.38. The molecule has 0 unspecified atom stereocenters. The average molecular weight is 312 g/mol. The summed E-state index contributed by atoms with van der Waals surface area (Å²) in [5.74, 6) is -0.690. The van der Waals surface area contributed by atoms with Gasteiger partial charge >= 0.3 is 5.97 Å². The fraction of sp³-hybridized carbons (Fsp3) is 0.444. The van der Waals surface area contributed by atoms with Crippen molar-refractivity contribution in [1.82, 2.24) is 9.88 Å². The molecule has 4 rings (SSSR count). The highest BCUT2D eigenvalue weighted by Crippen LogP contribution is 2.41. The van der Waals surface area contributed by atoms with Crippen LogP contribution in [0.5, 0.6) is 0 Å². The molecular formula is C18H20N2O3. The van der Waals surface area contributed by atoms with E-state index in [0.29, 0.717) is 17.9 Å². The fourth-order valence-electron chi connectivity index (χ4n) is 4.38. The lowest BCUT2D eigenvalue weighted by Gasteiger charge is -2.33. The number of benzene rings is 1. The Labute approximate surface area is 134 Å². The molecule has 2 heterocycles. The molecule has 3 atom stereocenters. The van der Waals surface area contributed by atoms with Crippen molar-refractivity contribution in [2.75, 3.05) is 0 Å². The van der Waals surface area contributed by atoms with E-state index in [2.05, 4.69) is 4.98 Å². The highest BCUT2D eigenvalue weighted by molar-refractivity contribution is 6.07. The Balaban J connectivity index is 1.75. The van der Waals surface area contributed by atoms with Crippen molar-refractivity contribution in [1.29, 1.82) is 0 Å². The van der Waals surface area contributed by atoms with E-state index in [9.17, 15) is 14.7 Å². The van der Waals surface area contributed by atoms with Crippen LogP contribution in [0.2, 0.25) is 0 Å². The quantitative estimate of drug-likeness (QED) is 0.895. The molecular weight excluding hydrogens is 292 g/mol. The van der Waals surface area contributed by atoms with Crippen LogP contribution >= 0.6 is 0 Å². The molecule has 120 valence electrons. The van der Waals surface area contributed by atoms with Gasteiger partial charge in [0.05, 0.1) is 0 Å². The summed E-state index contributed by atoms with van der Waals surface area (Å²) in [6.07, 6.45) is 6.57. The molecule has 0 bridgehead atoms. The number of hydrogen-bond acceptors (Lipinski definition) is 2. The lowest BCUT2D eigenvalue weighted by Crippen LogP contribution is -2.46. The first-order valence-corrected chi connectivity index (χ1v) is 8.28. The lowest BCUT2D eigenvalue weighted by molar-refractivity contribution is -0.141. The maximum absolute atomic E-state index is 13.2. The molecule has 5 nitrogen and oxygen atoms in total. The number of hydrogen-bond donors (Lipinski definition) is 2. The number of nitrogens with zero attached hydrogens (tertiary/aromatic N) is 1. The van der Waals surface area contributed by atoms with Crippen LogP contribution in [0, 0.1) is 5.92 Å². The topological polar surface area (TPSA) is 73.4 Å². The van der Waals surface area contributed by atoms with E-state index in [1.807, 2.05) is 24.4 Å². The maximum Gasteiger partial charge on any atom is 0.326 e. The second kappa shape index (κ2) is 5.41. The van der Waals surface area contributed by atoms with Crippen LogP contribution in [0.4, 0.5) is 0 Å². The molecule has 1 aromatic heterocycles. The zero-order valence-corrected chi connectivity index (χ0v) is 12.9. The number of carboxylic acids is 1. The number of fused-ring (bicyclic) bond motifs is 2. The van der Waals surface area contributed by atoms with Crippen molar-refractivity contribution in [3.8, 4) is 0 Å². The molecule has 1 amide bonds. The van der Waals surface area contributed by atoms with Gasteiger partial charge in [0.2, 0.25) is 0 Å². The number of likely N-dealkylation sites (tertiary alicyclic amines) is 1. The molecule has 1 saturated heterocycles. The van der Waals surface area contributed by atoms with Crippen LogP contribution in [-0.2, 0) is 4.79 Å². The van der Waals surface area contributed by atoms with Crippen molar-refractivity contribution in [2.45, 2.75) is 44.2 Å². The van der Waals surface area contributed by atoms with Crippen molar-refractivity contribution in [2.24, 2.45) is 5.92 Å². The summed E-state index contributed by atoms with van der Waals surface area (Å²) >= 11 is 0. The number of carbonyl (C=O) groups excluding carboxylic acids is 1. The number of H-pyrrole nitrogens is 1. The first kappa shape index (κ1) is 14.3. The van der Waals surface area contributed by atoms with Gasteiger partial charge in [-0.2, -0.15) is 0 Å². The first-order chi connectivity index (χ1) is 11.2. The van der Waals surface area contributed by atoms with Gasteiger partial charge in [0.25, 0.3) is 5.91 Å². The van der Waals surface area contributed by atoms with Crippen LogP contribution in [0.3, 0.4) is 0 Å². The Morgan fingerprint density at radius 3 is 2.83 bits per heavy atom. The van der Waals surface area contributed by atoms with Gasteiger partial charge < -0.3 is 15.0 Å². The molecule has 1 aliphatic heterocycles. The minimum atomic E-state index is -0.881. The third-order valence-electron chi connectivity index (χ3n) is 5.43. The molecule has 2 fully saturated rings. The highest BCUT2D eigenvalue weighted by Gasteiger charge is 2.47. The van der Waals surface area contributed by atoms with Crippen LogP contribution < -0.4 is 0 Å². The number of carbonyl (C=O) groups is 2. The molecule has 0 spiro atoms. The van der Waals surface area contributed by atoms with Gasteiger partial charge in [-0.3, -0.25) is 4.79 Å². The van der Waals surface area contributed by atoms with E-state index in [-0.39, 0.29) is 11.9 Å². The number of aromatic amines is 1. The maximum atomic E-state index is 13.2. The van der Waals surface area contributed by atoms with E-state index >= 15 is 0 Å². The number of aromatic nitrogens is 1. The summed E-state index contributed by atoms with van der Waals surface area (Å²) in [4.78, 5) is 29.7. The third kappa shape index (κ3) is 2.22. The summed E-state index contributed by atoms with van der Waals surface area (Å²) in [6.45, 7) is 0. The molecule has 23 heavy (non-hydrogen) atoms. The van der Waals surface area contributed by atoms with Crippen LogP contribution in [0.15, 0.2) is 30.5 Å². The molecule has 5 heteroatoms. The SMILES string of the molecule is O=C(O)[C@@H]1C[C@@H]2CCCC[C@@H]2N1C(=O)c1cccc2[nH]ccc12. The van der Waals surface area contributed by atoms with Crippen molar-refractivity contribution >= 4 is 22.8 Å². The molecule has 2 aliphatic rings. The van der Waals surface area contributed by atoms with Crippen LogP contribution in [0.1, 0.15) is 42.5 Å². The van der Waals surface area contributed by atoms with Gasteiger partial charge in [-0.15, -0.1) is 0 Å². The summed E-state index contributed by atoms with van der Waals surface area (Å²) in [7, 11) is 0. The van der Waals surface area contributed by atoms with Crippen LogP contribution in [0.25, 0.3) is 10.9 Å². The summed E-state index contributed by atoms with van der Waals surface area (Å²) in [6, 6.07) is 6.83. The van der Waals surface area contributed by atoms with E-state index in [0.717, 1.165) is 36.6 Å². The largest absolute Gasteiger partial charge is 0.480 e. The number of carboxylic acid groups (broad SMARTS) is 1. The third-order valence-corrected chi connectivity index (χ3v) is 5.43. The summed E-state index contributed by atoms with van der Waals surface area (Å²) < 4.78 is 0. The predicted octanol–water partition coefficient (Wildman–Crippen LogP) is 3.03. The van der Waals surface area contributed by atoms with Crippen LogP contribution in [-0.4, -0.2) is 39.0 Å². The second-order valence-electron chi connectivity index (χ2n) is 6.66. The van der Waals surface area contributed by atoms with E-state index in [1.165, 1.54) is 0 Å². The number of amides is 1. The van der Waals surface area contributed by atoms with E-state index < -0.39 is 12.0 Å². The molecule has 1 aromatic carbocycles. The monoisotopic (exact) mass is 312 g/mol. The average Bonchev–Trinajstić information content (AvgIpc) is 3.18. The smallest absolute Gasteiger partial charge is 0.326 e. The van der Waals surface area contributed by atoms with Gasteiger partial charge in [0, 0.05) is 28.7 Å². The van der Waals surface area contributed by atoms with Crippen molar-refractivity contribution in [3.63, 3.8) is 0 Å². The van der Waals surface area contributed by atoms with Crippen molar-refractivity contribution in [3.05, 3.63) is 36.0 Å². The Bertz CT molecular complexity index is 766. The van der Waals surface area contributed by atoms with Gasteiger partial charge in [-0.05, 0) is 43.4 Å². The summed E-state index contributed by atoms with van der Waals surface area (Å²) in [5, 5.41) is 10.5. The molecule has 2 aromatic rings. The predicted molar refractivity (Wildman–Crippen MR) is 86.3 cm³/mol. The highest BCUT2D eigenvalue weighted by atomic mass is 16.4. The Hall–Kier alpha value is -2.30. The van der Waals surface area contributed by atoms with Gasteiger partial charge in [0.1, 0.15) is 6.04 Å². The molecule has 2 N–H and O–H groups in total.